The van der Waals surface area contributed by atoms with Crippen molar-refractivity contribution in [2.24, 2.45) is 0 Å². The van der Waals surface area contributed by atoms with Crippen LogP contribution in [0.4, 0.5) is 0 Å². The van der Waals surface area contributed by atoms with Crippen LogP contribution in [0.15, 0.2) is 18.2 Å². The van der Waals surface area contributed by atoms with Crippen LogP contribution in [0.5, 0.6) is 17.2 Å². The van der Waals surface area contributed by atoms with E-state index in [0.29, 0.717) is 0 Å². The van der Waals surface area contributed by atoms with Gasteiger partial charge in [0.2, 0.25) is 0 Å². The molecule has 3 heteroatoms. The zero-order valence-corrected chi connectivity index (χ0v) is 14.3. The number of rotatable bonds is 9. The molecule has 0 saturated carbocycles. The first kappa shape index (κ1) is 17.7. The van der Waals surface area contributed by atoms with E-state index in [0.717, 1.165) is 36.5 Å². The average Bonchev–Trinajstić information content (AvgIpc) is 2.49. The largest absolute Gasteiger partial charge is 0.491 e. The molecule has 21 heavy (non-hydrogen) atoms. The van der Waals surface area contributed by atoms with E-state index in [2.05, 4.69) is 41.5 Å². The topological polar surface area (TPSA) is 27.7 Å². The van der Waals surface area contributed by atoms with Crippen molar-refractivity contribution in [1.82, 2.24) is 0 Å². The van der Waals surface area contributed by atoms with Gasteiger partial charge in [0.15, 0.2) is 11.5 Å². The van der Waals surface area contributed by atoms with Crippen LogP contribution in [0.2, 0.25) is 0 Å². The number of ether oxygens (including phenoxy) is 3. The van der Waals surface area contributed by atoms with Crippen LogP contribution in [0.25, 0.3) is 0 Å². The first-order valence-electron chi connectivity index (χ1n) is 8.14. The lowest BCUT2D eigenvalue weighted by Gasteiger charge is -2.21. The van der Waals surface area contributed by atoms with Crippen LogP contribution in [0, 0.1) is 0 Å². The molecule has 0 fully saturated rings. The lowest BCUT2D eigenvalue weighted by Crippen LogP contribution is -2.15. The third-order valence-electron chi connectivity index (χ3n) is 3.63. The standard InChI is InChI=1S/C18H30O3/c1-7-13(4)19-16-10-11-17(20-14(5)8-2)18(12-16)21-15(6)9-3/h10-15H,7-9H2,1-6H3. The molecule has 0 aromatic heterocycles. The van der Waals surface area contributed by atoms with Crippen molar-refractivity contribution in [2.45, 2.75) is 79.1 Å². The molecule has 3 unspecified atom stereocenters. The van der Waals surface area contributed by atoms with Crippen LogP contribution >= 0.6 is 0 Å². The summed E-state index contributed by atoms with van der Waals surface area (Å²) in [5.41, 5.74) is 0. The second-order valence-electron chi connectivity index (χ2n) is 5.62. The SMILES string of the molecule is CCC(C)Oc1ccc(OC(C)CC)c(OC(C)CC)c1. The predicted molar refractivity (Wildman–Crippen MR) is 87.6 cm³/mol. The fraction of sp³-hybridized carbons (Fsp3) is 0.667. The highest BCUT2D eigenvalue weighted by molar-refractivity contribution is 5.46. The van der Waals surface area contributed by atoms with E-state index in [9.17, 15) is 0 Å². The van der Waals surface area contributed by atoms with Gasteiger partial charge < -0.3 is 14.2 Å². The van der Waals surface area contributed by atoms with Crippen LogP contribution in [0.1, 0.15) is 60.8 Å². The first-order valence-corrected chi connectivity index (χ1v) is 8.14. The molecule has 0 saturated heterocycles. The summed E-state index contributed by atoms with van der Waals surface area (Å²) in [6.45, 7) is 12.5. The lowest BCUT2D eigenvalue weighted by atomic mass is 10.2. The molecule has 1 aromatic rings. The Labute approximate surface area is 129 Å². The number of hydrogen-bond donors (Lipinski definition) is 0. The van der Waals surface area contributed by atoms with Crippen LogP contribution in [0.3, 0.4) is 0 Å². The van der Waals surface area contributed by atoms with Gasteiger partial charge in [-0.25, -0.2) is 0 Å². The highest BCUT2D eigenvalue weighted by Crippen LogP contribution is 2.34. The summed E-state index contributed by atoms with van der Waals surface area (Å²) in [6, 6.07) is 5.84. The van der Waals surface area contributed by atoms with E-state index in [1.165, 1.54) is 0 Å². The van der Waals surface area contributed by atoms with Crippen molar-refractivity contribution in [1.29, 1.82) is 0 Å². The van der Waals surface area contributed by atoms with E-state index in [-0.39, 0.29) is 18.3 Å². The van der Waals surface area contributed by atoms with Gasteiger partial charge in [-0.05, 0) is 52.2 Å². The summed E-state index contributed by atoms with van der Waals surface area (Å²) in [6.07, 6.45) is 3.43. The Balaban J connectivity index is 2.95. The van der Waals surface area contributed by atoms with Crippen molar-refractivity contribution < 1.29 is 14.2 Å². The van der Waals surface area contributed by atoms with Gasteiger partial charge in [-0.2, -0.15) is 0 Å². The molecular formula is C18H30O3. The molecule has 0 N–H and O–H groups in total. The normalized spacial score (nSPS) is 15.1. The number of benzene rings is 1. The number of hydrogen-bond acceptors (Lipinski definition) is 3. The van der Waals surface area contributed by atoms with Gasteiger partial charge in [0, 0.05) is 6.07 Å². The van der Waals surface area contributed by atoms with Crippen molar-refractivity contribution >= 4 is 0 Å². The molecule has 1 rings (SSSR count). The van der Waals surface area contributed by atoms with Crippen molar-refractivity contribution in [2.75, 3.05) is 0 Å². The van der Waals surface area contributed by atoms with Crippen LogP contribution in [-0.2, 0) is 0 Å². The highest BCUT2D eigenvalue weighted by atomic mass is 16.5. The molecule has 0 spiro atoms. The minimum Gasteiger partial charge on any atom is -0.491 e. The molecule has 0 radical (unpaired) electrons. The molecule has 0 aliphatic rings. The maximum Gasteiger partial charge on any atom is 0.165 e. The van der Waals surface area contributed by atoms with Crippen LogP contribution < -0.4 is 14.2 Å². The van der Waals surface area contributed by atoms with Crippen molar-refractivity contribution in [3.63, 3.8) is 0 Å². The summed E-state index contributed by atoms with van der Waals surface area (Å²) in [7, 11) is 0. The zero-order valence-electron chi connectivity index (χ0n) is 14.3. The summed E-state index contributed by atoms with van der Waals surface area (Å²) in [4.78, 5) is 0. The molecule has 1 aromatic carbocycles. The third kappa shape index (κ3) is 5.86. The van der Waals surface area contributed by atoms with E-state index < -0.39 is 0 Å². The Morgan fingerprint density at radius 2 is 1.19 bits per heavy atom. The van der Waals surface area contributed by atoms with Crippen molar-refractivity contribution in [3.8, 4) is 17.2 Å². The molecule has 3 nitrogen and oxygen atoms in total. The smallest absolute Gasteiger partial charge is 0.165 e. The Morgan fingerprint density at radius 1 is 0.714 bits per heavy atom. The lowest BCUT2D eigenvalue weighted by molar-refractivity contribution is 0.173. The van der Waals surface area contributed by atoms with Crippen molar-refractivity contribution in [3.05, 3.63) is 18.2 Å². The van der Waals surface area contributed by atoms with Gasteiger partial charge in [-0.15, -0.1) is 0 Å². The minimum atomic E-state index is 0.156. The third-order valence-corrected chi connectivity index (χ3v) is 3.63. The Kier molecular flexibility index (Phi) is 7.41. The van der Waals surface area contributed by atoms with Gasteiger partial charge >= 0.3 is 0 Å². The van der Waals surface area contributed by atoms with E-state index in [4.69, 9.17) is 14.2 Å². The Hall–Kier alpha value is -1.38. The van der Waals surface area contributed by atoms with Gasteiger partial charge in [-0.1, -0.05) is 20.8 Å². The van der Waals surface area contributed by atoms with Crippen LogP contribution in [-0.4, -0.2) is 18.3 Å². The van der Waals surface area contributed by atoms with E-state index in [1.54, 1.807) is 0 Å². The second-order valence-corrected chi connectivity index (χ2v) is 5.62. The second kappa shape index (κ2) is 8.81. The molecule has 0 aliphatic carbocycles. The summed E-state index contributed by atoms with van der Waals surface area (Å²) < 4.78 is 17.8. The fourth-order valence-electron chi connectivity index (χ4n) is 1.67. The Bertz CT molecular complexity index is 417. The van der Waals surface area contributed by atoms with E-state index >= 15 is 0 Å². The highest BCUT2D eigenvalue weighted by Gasteiger charge is 2.13. The summed E-state index contributed by atoms with van der Waals surface area (Å²) >= 11 is 0. The molecule has 0 heterocycles. The quantitative estimate of drug-likeness (QED) is 0.625. The average molecular weight is 294 g/mol. The maximum atomic E-state index is 5.99. The van der Waals surface area contributed by atoms with Gasteiger partial charge in [0.05, 0.1) is 18.3 Å². The Morgan fingerprint density at radius 3 is 1.71 bits per heavy atom. The monoisotopic (exact) mass is 294 g/mol. The molecule has 0 aliphatic heterocycles. The summed E-state index contributed by atoms with van der Waals surface area (Å²) in [5.74, 6) is 2.39. The first-order chi connectivity index (χ1) is 9.99. The van der Waals surface area contributed by atoms with Gasteiger partial charge in [-0.3, -0.25) is 0 Å². The fourth-order valence-corrected chi connectivity index (χ4v) is 1.67. The maximum absolute atomic E-state index is 5.99. The van der Waals surface area contributed by atoms with Gasteiger partial charge in [0.25, 0.3) is 0 Å². The molecule has 120 valence electrons. The predicted octanol–water partition coefficient (Wildman–Crippen LogP) is 5.22. The molecular weight excluding hydrogens is 264 g/mol. The molecule has 0 amide bonds. The minimum absolute atomic E-state index is 0.156. The summed E-state index contributed by atoms with van der Waals surface area (Å²) in [5, 5.41) is 0. The molecule has 0 bridgehead atoms. The van der Waals surface area contributed by atoms with E-state index in [1.807, 2.05) is 18.2 Å². The zero-order chi connectivity index (χ0) is 15.8. The van der Waals surface area contributed by atoms with Gasteiger partial charge in [0.1, 0.15) is 5.75 Å². The molecule has 3 atom stereocenters.